The number of carbonyl (C=O) groups excluding carboxylic acids is 1. The Labute approximate surface area is 202 Å². The number of nitrogens with zero attached hydrogens (tertiary/aromatic N) is 4. The van der Waals surface area contributed by atoms with Crippen molar-refractivity contribution >= 4 is 11.6 Å². The molecule has 188 valence electrons. The third-order valence-corrected chi connectivity index (χ3v) is 5.32. The quantitative estimate of drug-likeness (QED) is 0.379. The lowest BCUT2D eigenvalue weighted by molar-refractivity contribution is -0.275. The van der Waals surface area contributed by atoms with Gasteiger partial charge in [0, 0.05) is 23.7 Å². The van der Waals surface area contributed by atoms with Crippen LogP contribution in [-0.2, 0) is 0 Å². The maximum atomic E-state index is 14.3. The number of carbonyl (C=O) groups is 1. The van der Waals surface area contributed by atoms with E-state index in [0.717, 1.165) is 29.5 Å². The fourth-order valence-corrected chi connectivity index (χ4v) is 3.59. The highest BCUT2D eigenvalue weighted by atomic mass is 19.4. The first-order chi connectivity index (χ1) is 16.8. The van der Waals surface area contributed by atoms with E-state index in [-0.39, 0.29) is 16.8 Å². The Morgan fingerprint density at radius 1 is 1.14 bits per heavy atom. The lowest BCUT2D eigenvalue weighted by Gasteiger charge is -2.30. The lowest BCUT2D eigenvalue weighted by atomic mass is 9.91. The highest BCUT2D eigenvalue weighted by molar-refractivity contribution is 6.00. The van der Waals surface area contributed by atoms with Gasteiger partial charge in [0.25, 0.3) is 5.91 Å². The molecule has 0 fully saturated rings. The van der Waals surface area contributed by atoms with E-state index in [0.29, 0.717) is 5.69 Å². The van der Waals surface area contributed by atoms with Crippen molar-refractivity contribution in [2.24, 2.45) is 0 Å². The topological polar surface area (TPSA) is 102 Å². The monoisotopic (exact) mass is 503 g/mol. The van der Waals surface area contributed by atoms with E-state index in [9.17, 15) is 27.5 Å². The Balaban J connectivity index is 1.65. The molecule has 0 radical (unpaired) electrons. The summed E-state index contributed by atoms with van der Waals surface area (Å²) >= 11 is 0. The van der Waals surface area contributed by atoms with Crippen LogP contribution in [0.4, 0.5) is 17.6 Å². The van der Waals surface area contributed by atoms with Crippen molar-refractivity contribution in [1.29, 1.82) is 0 Å². The fraction of sp³-hybridized carbons (Fsp3) is 0.250. The standard InChI is InChI=1S/C24H21F4N5O3/c1-13-4-5-15(11-29-13)18-8-9-33-21(31-18)16(12-30-33)22(34)32-20(23(2,3)35)14-6-7-19(17(25)10-14)36-24(26,27)28/h4-12,20,35H,1-3H3,(H,32,34)/t20-/m0/s1. The summed E-state index contributed by atoms with van der Waals surface area (Å²) in [5.74, 6) is -3.01. The van der Waals surface area contributed by atoms with Crippen LogP contribution in [0.25, 0.3) is 16.9 Å². The maximum Gasteiger partial charge on any atom is 0.573 e. The van der Waals surface area contributed by atoms with E-state index in [4.69, 9.17) is 0 Å². The Morgan fingerprint density at radius 3 is 2.50 bits per heavy atom. The molecule has 0 spiro atoms. The van der Waals surface area contributed by atoms with Crippen molar-refractivity contribution in [1.82, 2.24) is 24.9 Å². The number of aromatic nitrogens is 4. The van der Waals surface area contributed by atoms with Crippen molar-refractivity contribution in [3.63, 3.8) is 0 Å². The van der Waals surface area contributed by atoms with Crippen molar-refractivity contribution in [2.75, 3.05) is 0 Å². The molecule has 1 amide bonds. The largest absolute Gasteiger partial charge is 0.573 e. The molecule has 1 aromatic carbocycles. The molecule has 4 rings (SSSR count). The van der Waals surface area contributed by atoms with Crippen LogP contribution in [0, 0.1) is 12.7 Å². The van der Waals surface area contributed by atoms with Gasteiger partial charge in [0.05, 0.1) is 23.5 Å². The van der Waals surface area contributed by atoms with Gasteiger partial charge in [0.1, 0.15) is 5.56 Å². The number of halogens is 4. The number of nitrogens with one attached hydrogen (secondary N) is 1. The van der Waals surface area contributed by atoms with E-state index in [1.807, 2.05) is 19.1 Å². The summed E-state index contributed by atoms with van der Waals surface area (Å²) in [6, 6.07) is 6.85. The van der Waals surface area contributed by atoms with Gasteiger partial charge in [0.2, 0.25) is 0 Å². The van der Waals surface area contributed by atoms with Crippen molar-refractivity contribution in [2.45, 2.75) is 38.8 Å². The van der Waals surface area contributed by atoms with Gasteiger partial charge in [-0.1, -0.05) is 6.07 Å². The molecule has 3 heterocycles. The number of hydrogen-bond acceptors (Lipinski definition) is 6. The van der Waals surface area contributed by atoms with E-state index < -0.39 is 35.5 Å². The van der Waals surface area contributed by atoms with E-state index in [1.54, 1.807) is 18.5 Å². The van der Waals surface area contributed by atoms with Crippen molar-refractivity contribution in [3.8, 4) is 17.0 Å². The number of hydrogen-bond donors (Lipinski definition) is 2. The number of rotatable bonds is 6. The number of benzene rings is 1. The molecule has 0 saturated carbocycles. The second kappa shape index (κ2) is 9.19. The molecule has 1 atom stereocenters. The smallest absolute Gasteiger partial charge is 0.403 e. The first kappa shape index (κ1) is 25.0. The highest BCUT2D eigenvalue weighted by Gasteiger charge is 2.34. The minimum absolute atomic E-state index is 0.0266. The molecule has 4 aromatic rings. The molecule has 3 aromatic heterocycles. The van der Waals surface area contributed by atoms with Crippen LogP contribution in [0.5, 0.6) is 5.75 Å². The van der Waals surface area contributed by atoms with Crippen LogP contribution in [0.15, 0.2) is 55.0 Å². The highest BCUT2D eigenvalue weighted by Crippen LogP contribution is 2.32. The van der Waals surface area contributed by atoms with Gasteiger partial charge in [-0.15, -0.1) is 13.2 Å². The molecule has 36 heavy (non-hydrogen) atoms. The Morgan fingerprint density at radius 2 is 1.89 bits per heavy atom. The predicted molar refractivity (Wildman–Crippen MR) is 121 cm³/mol. The summed E-state index contributed by atoms with van der Waals surface area (Å²) in [6.45, 7) is 4.58. The predicted octanol–water partition coefficient (Wildman–Crippen LogP) is 4.38. The van der Waals surface area contributed by atoms with Crippen LogP contribution in [0.3, 0.4) is 0 Å². The van der Waals surface area contributed by atoms with Crippen LogP contribution in [0.2, 0.25) is 0 Å². The second-order valence-corrected chi connectivity index (χ2v) is 8.63. The molecule has 0 aliphatic rings. The molecule has 2 N–H and O–H groups in total. The minimum atomic E-state index is -5.07. The SMILES string of the molecule is Cc1ccc(-c2ccn3ncc(C(=O)N[C@@H](c4ccc(OC(F)(F)F)c(F)c4)C(C)(C)O)c3n2)cn1. The molecule has 0 aliphatic heterocycles. The zero-order valence-corrected chi connectivity index (χ0v) is 19.3. The van der Waals surface area contributed by atoms with Gasteiger partial charge in [-0.3, -0.25) is 9.78 Å². The zero-order valence-electron chi connectivity index (χ0n) is 19.3. The number of aryl methyl sites for hydroxylation is 1. The summed E-state index contributed by atoms with van der Waals surface area (Å²) in [6.07, 6.45) is -0.515. The number of aliphatic hydroxyl groups is 1. The van der Waals surface area contributed by atoms with Crippen LogP contribution in [-0.4, -0.2) is 42.6 Å². The average Bonchev–Trinajstić information content (AvgIpc) is 3.21. The number of amides is 1. The van der Waals surface area contributed by atoms with Crippen LogP contribution < -0.4 is 10.1 Å². The van der Waals surface area contributed by atoms with Gasteiger partial charge in [-0.25, -0.2) is 13.9 Å². The molecule has 0 saturated heterocycles. The number of alkyl halides is 3. The van der Waals surface area contributed by atoms with Gasteiger partial charge < -0.3 is 15.2 Å². The fourth-order valence-electron chi connectivity index (χ4n) is 3.59. The average molecular weight is 503 g/mol. The summed E-state index contributed by atoms with van der Waals surface area (Å²) in [5.41, 5.74) is 0.801. The van der Waals surface area contributed by atoms with E-state index in [2.05, 4.69) is 25.1 Å². The molecule has 0 unspecified atom stereocenters. The first-order valence-electron chi connectivity index (χ1n) is 10.7. The van der Waals surface area contributed by atoms with Gasteiger partial charge >= 0.3 is 6.36 Å². The second-order valence-electron chi connectivity index (χ2n) is 8.63. The third kappa shape index (κ3) is 5.43. The molecule has 8 nitrogen and oxygen atoms in total. The summed E-state index contributed by atoms with van der Waals surface area (Å²) < 4.78 is 56.8. The minimum Gasteiger partial charge on any atom is -0.403 e. The van der Waals surface area contributed by atoms with Crippen LogP contribution >= 0.6 is 0 Å². The lowest BCUT2D eigenvalue weighted by Crippen LogP contribution is -2.42. The van der Waals surface area contributed by atoms with Crippen molar-refractivity contribution in [3.05, 3.63) is 77.6 Å². The third-order valence-electron chi connectivity index (χ3n) is 5.32. The maximum absolute atomic E-state index is 14.3. The summed E-state index contributed by atoms with van der Waals surface area (Å²) in [4.78, 5) is 21.9. The molecule has 0 aliphatic carbocycles. The van der Waals surface area contributed by atoms with E-state index >= 15 is 0 Å². The molecular formula is C24H21F4N5O3. The first-order valence-corrected chi connectivity index (χ1v) is 10.7. The molecule has 0 bridgehead atoms. The number of pyridine rings is 1. The molecular weight excluding hydrogens is 482 g/mol. The molecule has 12 heteroatoms. The summed E-state index contributed by atoms with van der Waals surface area (Å²) in [7, 11) is 0. The van der Waals surface area contributed by atoms with E-state index in [1.165, 1.54) is 24.6 Å². The summed E-state index contributed by atoms with van der Waals surface area (Å²) in [5, 5.41) is 17.4. The number of fused-ring (bicyclic) bond motifs is 1. The van der Waals surface area contributed by atoms with Crippen LogP contribution in [0.1, 0.15) is 41.5 Å². The zero-order chi connectivity index (χ0) is 26.3. The number of ether oxygens (including phenoxy) is 1. The van der Waals surface area contributed by atoms with Crippen molar-refractivity contribution < 1.29 is 32.2 Å². The van der Waals surface area contributed by atoms with Gasteiger partial charge in [0.15, 0.2) is 17.2 Å². The van der Waals surface area contributed by atoms with Gasteiger partial charge in [-0.2, -0.15) is 5.10 Å². The van der Waals surface area contributed by atoms with Gasteiger partial charge in [-0.05, 0) is 56.7 Å². The Bertz CT molecular complexity index is 1410. The Kier molecular flexibility index (Phi) is 6.39. The normalized spacial score (nSPS) is 13.0. The Hall–Kier alpha value is -4.06.